The van der Waals surface area contributed by atoms with Crippen LogP contribution in [0.4, 0.5) is 5.82 Å². The Hall–Kier alpha value is -2.61. The number of anilines is 1. The standard InChI is InChI=1S/C22H26N4O3S/c1-30-14-12-18(26-21(28)16-9-5-6-10-17(16)22(26)29)20(27)23-19-11-13-25(24-19)15-7-3-2-4-8-15/h2-4,7-8,11,13,16-18H,5-6,9-10,12,14H2,1H3,(H,23,24,27). The number of carbonyl (C=O) groups excluding carboxylic acids is 3. The van der Waals surface area contributed by atoms with Crippen LogP contribution in [0.15, 0.2) is 42.6 Å². The third-order valence-electron chi connectivity index (χ3n) is 5.95. The SMILES string of the molecule is CSCCC(C(=O)Nc1ccn(-c2ccccc2)n1)N1C(=O)C2CCCCC2C1=O. The van der Waals surface area contributed by atoms with Crippen LogP contribution in [-0.2, 0) is 14.4 Å². The summed E-state index contributed by atoms with van der Waals surface area (Å²) in [5.74, 6) is -0.150. The summed E-state index contributed by atoms with van der Waals surface area (Å²) in [4.78, 5) is 40.4. The summed E-state index contributed by atoms with van der Waals surface area (Å²) in [6.07, 6.45) is 7.56. The van der Waals surface area contributed by atoms with Crippen molar-refractivity contribution in [2.24, 2.45) is 11.8 Å². The lowest BCUT2D eigenvalue weighted by Gasteiger charge is -2.25. The van der Waals surface area contributed by atoms with Gasteiger partial charge in [0, 0.05) is 12.3 Å². The van der Waals surface area contributed by atoms with Crippen molar-refractivity contribution in [3.63, 3.8) is 0 Å². The van der Waals surface area contributed by atoms with Crippen molar-refractivity contribution in [1.82, 2.24) is 14.7 Å². The topological polar surface area (TPSA) is 84.3 Å². The molecule has 1 aromatic carbocycles. The second-order valence-electron chi connectivity index (χ2n) is 7.81. The number of nitrogens with zero attached hydrogens (tertiary/aromatic N) is 3. The maximum absolute atomic E-state index is 13.1. The Morgan fingerprint density at radius 3 is 2.43 bits per heavy atom. The molecule has 158 valence electrons. The fourth-order valence-corrected chi connectivity index (χ4v) is 4.89. The van der Waals surface area contributed by atoms with Crippen molar-refractivity contribution in [1.29, 1.82) is 0 Å². The van der Waals surface area contributed by atoms with Crippen LogP contribution < -0.4 is 5.32 Å². The minimum atomic E-state index is -0.801. The molecular formula is C22H26N4O3S. The molecule has 8 heteroatoms. The number of nitrogens with one attached hydrogen (secondary N) is 1. The van der Waals surface area contributed by atoms with Gasteiger partial charge in [0.1, 0.15) is 6.04 Å². The highest BCUT2D eigenvalue weighted by Gasteiger charge is 2.51. The molecule has 1 saturated carbocycles. The van der Waals surface area contributed by atoms with E-state index in [-0.39, 0.29) is 29.6 Å². The van der Waals surface area contributed by atoms with Crippen LogP contribution in [0.5, 0.6) is 0 Å². The zero-order valence-corrected chi connectivity index (χ0v) is 17.8. The minimum absolute atomic E-state index is 0.180. The van der Waals surface area contributed by atoms with Crippen molar-refractivity contribution >= 4 is 35.3 Å². The summed E-state index contributed by atoms with van der Waals surface area (Å²) in [6, 6.07) is 10.5. The molecule has 2 aromatic rings. The summed E-state index contributed by atoms with van der Waals surface area (Å²) in [7, 11) is 0. The molecule has 1 aliphatic heterocycles. The molecule has 7 nitrogen and oxygen atoms in total. The van der Waals surface area contributed by atoms with E-state index in [0.717, 1.165) is 31.4 Å². The summed E-state index contributed by atoms with van der Waals surface area (Å²) < 4.78 is 1.67. The van der Waals surface area contributed by atoms with Gasteiger partial charge in [-0.3, -0.25) is 19.3 Å². The maximum atomic E-state index is 13.1. The van der Waals surface area contributed by atoms with E-state index in [9.17, 15) is 14.4 Å². The molecule has 1 N–H and O–H groups in total. The Morgan fingerprint density at radius 1 is 1.13 bits per heavy atom. The van der Waals surface area contributed by atoms with Gasteiger partial charge >= 0.3 is 0 Å². The lowest BCUT2D eigenvalue weighted by atomic mass is 9.81. The molecule has 0 radical (unpaired) electrons. The van der Waals surface area contributed by atoms with E-state index in [1.54, 1.807) is 28.7 Å². The predicted molar refractivity (Wildman–Crippen MR) is 116 cm³/mol. The van der Waals surface area contributed by atoms with E-state index in [2.05, 4.69) is 10.4 Å². The van der Waals surface area contributed by atoms with Gasteiger partial charge in [-0.1, -0.05) is 31.0 Å². The zero-order valence-electron chi connectivity index (χ0n) is 17.0. The summed E-state index contributed by atoms with van der Waals surface area (Å²) >= 11 is 1.59. The Bertz CT molecular complexity index is 905. The number of rotatable bonds is 7. The summed E-state index contributed by atoms with van der Waals surface area (Å²) in [6.45, 7) is 0. The van der Waals surface area contributed by atoms with Crippen LogP contribution in [0.2, 0.25) is 0 Å². The number of thioether (sulfide) groups is 1. The summed E-state index contributed by atoms with van der Waals surface area (Å²) in [5.41, 5.74) is 0.880. The predicted octanol–water partition coefficient (Wildman–Crippen LogP) is 3.11. The van der Waals surface area contributed by atoms with E-state index in [1.165, 1.54) is 4.90 Å². The van der Waals surface area contributed by atoms with E-state index in [4.69, 9.17) is 0 Å². The van der Waals surface area contributed by atoms with Gasteiger partial charge in [0.2, 0.25) is 17.7 Å². The molecule has 2 heterocycles. The largest absolute Gasteiger partial charge is 0.307 e. The first-order valence-electron chi connectivity index (χ1n) is 10.4. The number of fused-ring (bicyclic) bond motifs is 1. The fraction of sp³-hybridized carbons (Fsp3) is 0.455. The molecule has 2 aliphatic rings. The van der Waals surface area contributed by atoms with Crippen LogP contribution in [0.25, 0.3) is 5.69 Å². The monoisotopic (exact) mass is 426 g/mol. The van der Waals surface area contributed by atoms with Gasteiger partial charge in [0.15, 0.2) is 5.82 Å². The van der Waals surface area contributed by atoms with Gasteiger partial charge < -0.3 is 5.32 Å². The van der Waals surface area contributed by atoms with Crippen LogP contribution in [0.1, 0.15) is 32.1 Å². The first-order chi connectivity index (χ1) is 14.6. The Morgan fingerprint density at radius 2 is 1.80 bits per heavy atom. The molecule has 1 aromatic heterocycles. The molecule has 3 amide bonds. The number of aromatic nitrogens is 2. The quantitative estimate of drug-likeness (QED) is 0.688. The number of benzene rings is 1. The number of hydrogen-bond acceptors (Lipinski definition) is 5. The van der Waals surface area contributed by atoms with Gasteiger partial charge in [0.25, 0.3) is 0 Å². The third-order valence-corrected chi connectivity index (χ3v) is 6.59. The highest BCUT2D eigenvalue weighted by atomic mass is 32.2. The molecule has 1 aliphatic carbocycles. The zero-order chi connectivity index (χ0) is 21.1. The Labute approximate surface area is 180 Å². The highest BCUT2D eigenvalue weighted by Crippen LogP contribution is 2.39. The smallest absolute Gasteiger partial charge is 0.248 e. The van der Waals surface area contributed by atoms with Gasteiger partial charge in [0.05, 0.1) is 17.5 Å². The van der Waals surface area contributed by atoms with Gasteiger partial charge in [-0.15, -0.1) is 0 Å². The van der Waals surface area contributed by atoms with Gasteiger partial charge in [-0.25, -0.2) is 4.68 Å². The van der Waals surface area contributed by atoms with Crippen molar-refractivity contribution < 1.29 is 14.4 Å². The van der Waals surface area contributed by atoms with E-state index < -0.39 is 6.04 Å². The fourth-order valence-electron chi connectivity index (χ4n) is 4.43. The average Bonchev–Trinajstić information content (AvgIpc) is 3.33. The Balaban J connectivity index is 1.52. The highest BCUT2D eigenvalue weighted by molar-refractivity contribution is 7.98. The number of imide groups is 1. The normalized spacial score (nSPS) is 22.1. The molecular weight excluding hydrogens is 400 g/mol. The maximum Gasteiger partial charge on any atom is 0.248 e. The van der Waals surface area contributed by atoms with Crippen molar-refractivity contribution in [2.75, 3.05) is 17.3 Å². The van der Waals surface area contributed by atoms with E-state index in [0.29, 0.717) is 18.0 Å². The second kappa shape index (κ2) is 9.04. The van der Waals surface area contributed by atoms with Crippen molar-refractivity contribution in [2.45, 2.75) is 38.1 Å². The van der Waals surface area contributed by atoms with E-state index in [1.807, 2.05) is 36.6 Å². The van der Waals surface area contributed by atoms with Crippen LogP contribution in [0.3, 0.4) is 0 Å². The first-order valence-corrected chi connectivity index (χ1v) is 11.8. The first kappa shape index (κ1) is 20.7. The number of likely N-dealkylation sites (tertiary alicyclic amines) is 1. The van der Waals surface area contributed by atoms with Crippen LogP contribution in [-0.4, -0.2) is 50.5 Å². The lowest BCUT2D eigenvalue weighted by Crippen LogP contribution is -2.48. The molecule has 0 bridgehead atoms. The third kappa shape index (κ3) is 4.01. The molecule has 4 rings (SSSR count). The molecule has 1 saturated heterocycles. The lowest BCUT2D eigenvalue weighted by molar-refractivity contribution is -0.146. The van der Waals surface area contributed by atoms with Crippen molar-refractivity contribution in [3.05, 3.63) is 42.6 Å². The van der Waals surface area contributed by atoms with Crippen molar-refractivity contribution in [3.8, 4) is 5.69 Å². The number of amides is 3. The average molecular weight is 427 g/mol. The Kier molecular flexibility index (Phi) is 6.22. The molecule has 2 fully saturated rings. The van der Waals surface area contributed by atoms with E-state index >= 15 is 0 Å². The molecule has 3 atom stereocenters. The second-order valence-corrected chi connectivity index (χ2v) is 8.80. The number of carbonyl (C=O) groups is 3. The molecule has 0 spiro atoms. The van der Waals surface area contributed by atoms with Crippen LogP contribution >= 0.6 is 11.8 Å². The minimum Gasteiger partial charge on any atom is -0.307 e. The number of hydrogen-bond donors (Lipinski definition) is 1. The van der Waals surface area contributed by atoms with Gasteiger partial charge in [-0.2, -0.15) is 16.9 Å². The number of para-hydroxylation sites is 1. The molecule has 30 heavy (non-hydrogen) atoms. The van der Waals surface area contributed by atoms with Gasteiger partial charge in [-0.05, 0) is 43.4 Å². The van der Waals surface area contributed by atoms with Crippen LogP contribution in [0, 0.1) is 11.8 Å². The molecule has 3 unspecified atom stereocenters. The summed E-state index contributed by atoms with van der Waals surface area (Å²) in [5, 5.41) is 7.23.